The van der Waals surface area contributed by atoms with E-state index in [2.05, 4.69) is 36.5 Å². The molecule has 2 rings (SSSR count). The van der Waals surface area contributed by atoms with Crippen molar-refractivity contribution in [3.05, 3.63) is 35.4 Å². The van der Waals surface area contributed by atoms with Gasteiger partial charge in [-0.15, -0.1) is 0 Å². The number of urea groups is 1. The fourth-order valence-corrected chi connectivity index (χ4v) is 2.93. The van der Waals surface area contributed by atoms with Crippen molar-refractivity contribution in [2.45, 2.75) is 45.1 Å². The second kappa shape index (κ2) is 7.14. The fourth-order valence-electron chi connectivity index (χ4n) is 2.93. The van der Waals surface area contributed by atoms with Crippen LogP contribution >= 0.6 is 0 Å². The molecule has 1 heterocycles. The van der Waals surface area contributed by atoms with Crippen molar-refractivity contribution in [1.29, 1.82) is 0 Å². The van der Waals surface area contributed by atoms with E-state index >= 15 is 0 Å². The van der Waals surface area contributed by atoms with Gasteiger partial charge in [0, 0.05) is 32.7 Å². The number of carbonyl (C=O) groups is 1. The Balaban J connectivity index is 1.96. The standard InChI is InChI=1S/C18H28N2O2/c1-14-8-5-6-10-16(14)15-9-7-11-20(12-15)17(21)19-13-18(2,3)22-4/h5-6,8,10,15H,7,9,11-13H2,1-4H3,(H,19,21)/t15-/m0/s1. The molecule has 0 aliphatic carbocycles. The van der Waals surface area contributed by atoms with Crippen molar-refractivity contribution in [2.24, 2.45) is 0 Å². The minimum Gasteiger partial charge on any atom is -0.377 e. The minimum absolute atomic E-state index is 0.0170. The molecule has 1 aromatic carbocycles. The summed E-state index contributed by atoms with van der Waals surface area (Å²) in [7, 11) is 1.67. The summed E-state index contributed by atoms with van der Waals surface area (Å²) >= 11 is 0. The first kappa shape index (κ1) is 16.8. The lowest BCUT2D eigenvalue weighted by Crippen LogP contribution is -2.49. The number of piperidine rings is 1. The first-order valence-corrected chi connectivity index (χ1v) is 8.06. The van der Waals surface area contributed by atoms with Gasteiger partial charge >= 0.3 is 6.03 Å². The van der Waals surface area contributed by atoms with Crippen LogP contribution in [-0.4, -0.2) is 43.3 Å². The van der Waals surface area contributed by atoms with Crippen LogP contribution < -0.4 is 5.32 Å². The maximum atomic E-state index is 12.4. The molecule has 1 aliphatic heterocycles. The van der Waals surface area contributed by atoms with Gasteiger partial charge < -0.3 is 15.0 Å². The molecule has 1 N–H and O–H groups in total. The molecule has 0 saturated carbocycles. The lowest BCUT2D eigenvalue weighted by Gasteiger charge is -2.34. The number of nitrogens with one attached hydrogen (secondary N) is 1. The van der Waals surface area contributed by atoms with Crippen molar-refractivity contribution in [2.75, 3.05) is 26.7 Å². The Morgan fingerprint density at radius 3 is 2.82 bits per heavy atom. The van der Waals surface area contributed by atoms with Crippen LogP contribution in [0.1, 0.15) is 43.7 Å². The lowest BCUT2D eigenvalue weighted by molar-refractivity contribution is 0.0240. The average molecular weight is 304 g/mol. The van der Waals surface area contributed by atoms with E-state index < -0.39 is 0 Å². The number of rotatable bonds is 4. The summed E-state index contributed by atoms with van der Waals surface area (Å²) in [4.78, 5) is 14.3. The molecule has 0 aromatic heterocycles. The Labute approximate surface area is 133 Å². The maximum Gasteiger partial charge on any atom is 0.317 e. The van der Waals surface area contributed by atoms with Gasteiger partial charge in [-0.2, -0.15) is 0 Å². The molecule has 2 amide bonds. The van der Waals surface area contributed by atoms with Gasteiger partial charge in [-0.3, -0.25) is 0 Å². The summed E-state index contributed by atoms with van der Waals surface area (Å²) in [5.74, 6) is 0.441. The van der Waals surface area contributed by atoms with Crippen LogP contribution in [-0.2, 0) is 4.74 Å². The molecule has 22 heavy (non-hydrogen) atoms. The highest BCUT2D eigenvalue weighted by atomic mass is 16.5. The first-order chi connectivity index (χ1) is 10.4. The number of likely N-dealkylation sites (tertiary alicyclic amines) is 1. The summed E-state index contributed by atoms with van der Waals surface area (Å²) in [5.41, 5.74) is 2.36. The number of methoxy groups -OCH3 is 1. The third-order valence-corrected chi connectivity index (χ3v) is 4.55. The molecule has 4 heteroatoms. The van der Waals surface area contributed by atoms with Crippen molar-refractivity contribution in [3.63, 3.8) is 0 Å². The number of nitrogens with zero attached hydrogens (tertiary/aromatic N) is 1. The first-order valence-electron chi connectivity index (χ1n) is 8.06. The van der Waals surface area contributed by atoms with Crippen molar-refractivity contribution in [3.8, 4) is 0 Å². The normalized spacial score (nSPS) is 19.1. The molecule has 0 spiro atoms. The molecule has 1 fully saturated rings. The summed E-state index contributed by atoms with van der Waals surface area (Å²) < 4.78 is 5.35. The molecule has 1 saturated heterocycles. The van der Waals surface area contributed by atoms with Crippen molar-refractivity contribution < 1.29 is 9.53 Å². The van der Waals surface area contributed by atoms with Crippen LogP contribution in [0, 0.1) is 6.92 Å². The molecule has 1 aromatic rings. The van der Waals surface area contributed by atoms with Gasteiger partial charge in [-0.25, -0.2) is 4.79 Å². The van der Waals surface area contributed by atoms with Gasteiger partial charge in [-0.1, -0.05) is 24.3 Å². The number of benzene rings is 1. The maximum absolute atomic E-state index is 12.4. The highest BCUT2D eigenvalue weighted by Crippen LogP contribution is 2.28. The van der Waals surface area contributed by atoms with Crippen LogP contribution in [0.25, 0.3) is 0 Å². The third-order valence-electron chi connectivity index (χ3n) is 4.55. The lowest BCUT2D eigenvalue weighted by atomic mass is 9.88. The van der Waals surface area contributed by atoms with E-state index in [1.807, 2.05) is 18.7 Å². The Hall–Kier alpha value is -1.55. The predicted octanol–water partition coefficient (Wildman–Crippen LogP) is 3.31. The topological polar surface area (TPSA) is 41.6 Å². The number of aryl methyl sites for hydroxylation is 1. The number of amides is 2. The van der Waals surface area contributed by atoms with Crippen molar-refractivity contribution >= 4 is 6.03 Å². The SMILES string of the molecule is COC(C)(C)CNC(=O)N1CCC[C@H](c2ccccc2C)C1. The van der Waals surface area contributed by atoms with Gasteiger partial charge in [-0.05, 0) is 44.7 Å². The van der Waals surface area contributed by atoms with E-state index in [1.54, 1.807) is 7.11 Å². The van der Waals surface area contributed by atoms with Gasteiger partial charge in [0.2, 0.25) is 0 Å². The van der Waals surface area contributed by atoms with E-state index in [0.29, 0.717) is 12.5 Å². The number of ether oxygens (including phenoxy) is 1. The molecule has 4 nitrogen and oxygen atoms in total. The van der Waals surface area contributed by atoms with Crippen LogP contribution in [0.2, 0.25) is 0 Å². The molecule has 0 unspecified atom stereocenters. The smallest absolute Gasteiger partial charge is 0.317 e. The highest BCUT2D eigenvalue weighted by molar-refractivity contribution is 5.74. The van der Waals surface area contributed by atoms with E-state index in [9.17, 15) is 4.79 Å². The monoisotopic (exact) mass is 304 g/mol. The van der Waals surface area contributed by atoms with Gasteiger partial charge in [0.15, 0.2) is 0 Å². The number of carbonyl (C=O) groups excluding carboxylic acids is 1. The zero-order valence-electron chi connectivity index (χ0n) is 14.2. The van der Waals surface area contributed by atoms with E-state index in [4.69, 9.17) is 4.74 Å². The predicted molar refractivity (Wildman–Crippen MR) is 89.2 cm³/mol. The Morgan fingerprint density at radius 2 is 2.14 bits per heavy atom. The third kappa shape index (κ3) is 4.23. The Bertz CT molecular complexity index is 514. The Kier molecular flexibility index (Phi) is 5.46. The van der Waals surface area contributed by atoms with Crippen molar-refractivity contribution in [1.82, 2.24) is 10.2 Å². The molecule has 0 radical (unpaired) electrons. The zero-order chi connectivity index (χ0) is 16.2. The summed E-state index contributed by atoms with van der Waals surface area (Å²) in [6.07, 6.45) is 2.21. The average Bonchev–Trinajstić information content (AvgIpc) is 2.53. The molecule has 0 bridgehead atoms. The summed E-state index contributed by atoms with van der Waals surface area (Å²) in [5, 5.41) is 2.99. The summed E-state index contributed by atoms with van der Waals surface area (Å²) in [6, 6.07) is 8.51. The van der Waals surface area contributed by atoms with Crippen LogP contribution in [0.3, 0.4) is 0 Å². The van der Waals surface area contributed by atoms with E-state index in [0.717, 1.165) is 25.9 Å². The molecular formula is C18H28N2O2. The van der Waals surface area contributed by atoms with Crippen LogP contribution in [0.15, 0.2) is 24.3 Å². The van der Waals surface area contributed by atoms with Gasteiger partial charge in [0.05, 0.1) is 5.60 Å². The number of hydrogen-bond acceptors (Lipinski definition) is 2. The second-order valence-electron chi connectivity index (χ2n) is 6.76. The molecule has 1 atom stereocenters. The summed E-state index contributed by atoms with van der Waals surface area (Å²) in [6.45, 7) is 8.24. The molecule has 1 aliphatic rings. The molecule has 122 valence electrons. The van der Waals surface area contributed by atoms with E-state index in [1.165, 1.54) is 11.1 Å². The van der Waals surface area contributed by atoms with Crippen LogP contribution in [0.4, 0.5) is 4.79 Å². The second-order valence-corrected chi connectivity index (χ2v) is 6.76. The number of hydrogen-bond donors (Lipinski definition) is 1. The largest absolute Gasteiger partial charge is 0.377 e. The van der Waals surface area contributed by atoms with Gasteiger partial charge in [0.1, 0.15) is 0 Å². The van der Waals surface area contributed by atoms with Crippen LogP contribution in [0.5, 0.6) is 0 Å². The fraction of sp³-hybridized carbons (Fsp3) is 0.611. The Morgan fingerprint density at radius 1 is 1.41 bits per heavy atom. The minimum atomic E-state index is -0.332. The molecular weight excluding hydrogens is 276 g/mol. The zero-order valence-corrected chi connectivity index (χ0v) is 14.2. The van der Waals surface area contributed by atoms with E-state index in [-0.39, 0.29) is 11.6 Å². The quantitative estimate of drug-likeness (QED) is 0.927. The highest BCUT2D eigenvalue weighted by Gasteiger charge is 2.26. The van der Waals surface area contributed by atoms with Gasteiger partial charge in [0.25, 0.3) is 0 Å².